The lowest BCUT2D eigenvalue weighted by Crippen LogP contribution is -2.44. The van der Waals surface area contributed by atoms with Gasteiger partial charge in [0.2, 0.25) is 0 Å². The number of carbonyl (C=O) groups is 1. The van der Waals surface area contributed by atoms with Crippen LogP contribution in [0.5, 0.6) is 5.75 Å². The van der Waals surface area contributed by atoms with Crippen molar-refractivity contribution in [3.8, 4) is 5.75 Å². The molecule has 1 aliphatic heterocycles. The first-order valence-electron chi connectivity index (χ1n) is 5.85. The molecular formula is C13H18N2O3. The van der Waals surface area contributed by atoms with Gasteiger partial charge in [-0.05, 0) is 38.0 Å². The van der Waals surface area contributed by atoms with Gasteiger partial charge >= 0.3 is 0 Å². The van der Waals surface area contributed by atoms with Crippen LogP contribution in [-0.4, -0.2) is 30.3 Å². The van der Waals surface area contributed by atoms with Gasteiger partial charge in [-0.25, -0.2) is 0 Å². The molecule has 0 aromatic heterocycles. The van der Waals surface area contributed by atoms with E-state index in [-0.39, 0.29) is 5.91 Å². The van der Waals surface area contributed by atoms with E-state index in [1.165, 1.54) is 13.8 Å². The predicted molar refractivity (Wildman–Crippen MR) is 69.8 cm³/mol. The zero-order chi connectivity index (χ0) is 13.5. The lowest BCUT2D eigenvalue weighted by Gasteiger charge is -2.25. The highest BCUT2D eigenvalue weighted by molar-refractivity contribution is 6.01. The number of fused-ring (bicyclic) bond motifs is 1. The Morgan fingerprint density at radius 3 is 2.72 bits per heavy atom. The van der Waals surface area contributed by atoms with Crippen molar-refractivity contribution in [1.29, 1.82) is 0 Å². The Bertz CT molecular complexity index is 492. The van der Waals surface area contributed by atoms with Crippen molar-refractivity contribution >= 4 is 17.3 Å². The molecule has 0 saturated heterocycles. The smallest absolute Gasteiger partial charge is 0.258 e. The predicted octanol–water partition coefficient (Wildman–Crippen LogP) is 0.937. The zero-order valence-electron chi connectivity index (χ0n) is 10.9. The first-order valence-corrected chi connectivity index (χ1v) is 5.85. The number of benzene rings is 1. The van der Waals surface area contributed by atoms with Gasteiger partial charge in [-0.15, -0.1) is 0 Å². The minimum Gasteiger partial charge on any atom is -0.495 e. The van der Waals surface area contributed by atoms with Crippen LogP contribution in [0.2, 0.25) is 0 Å². The van der Waals surface area contributed by atoms with Crippen molar-refractivity contribution in [2.75, 3.05) is 24.3 Å². The number of carbonyl (C=O) groups excluding carboxylic acids is 1. The van der Waals surface area contributed by atoms with Crippen LogP contribution in [0.4, 0.5) is 11.4 Å². The number of nitrogen functional groups attached to an aromatic ring is 1. The molecule has 1 amide bonds. The minimum absolute atomic E-state index is 0.314. The first kappa shape index (κ1) is 12.7. The van der Waals surface area contributed by atoms with E-state index in [0.717, 1.165) is 17.7 Å². The van der Waals surface area contributed by atoms with Crippen LogP contribution in [-0.2, 0) is 11.2 Å². The van der Waals surface area contributed by atoms with Crippen LogP contribution in [0.1, 0.15) is 19.4 Å². The summed E-state index contributed by atoms with van der Waals surface area (Å²) in [4.78, 5) is 13.7. The number of amides is 1. The van der Waals surface area contributed by atoms with Crippen molar-refractivity contribution in [1.82, 2.24) is 0 Å². The van der Waals surface area contributed by atoms with Crippen LogP contribution in [0.15, 0.2) is 12.1 Å². The lowest BCUT2D eigenvalue weighted by atomic mass is 10.1. The van der Waals surface area contributed by atoms with Crippen LogP contribution >= 0.6 is 0 Å². The van der Waals surface area contributed by atoms with E-state index in [4.69, 9.17) is 10.5 Å². The van der Waals surface area contributed by atoms with Crippen LogP contribution in [0.3, 0.4) is 0 Å². The van der Waals surface area contributed by atoms with Gasteiger partial charge in [-0.3, -0.25) is 4.79 Å². The van der Waals surface area contributed by atoms with E-state index in [9.17, 15) is 9.90 Å². The number of nitrogens with zero attached hydrogens (tertiary/aromatic N) is 1. The summed E-state index contributed by atoms with van der Waals surface area (Å²) in [5.41, 5.74) is 6.74. The number of nitrogens with two attached hydrogens (primary N) is 1. The number of rotatable bonds is 2. The monoisotopic (exact) mass is 250 g/mol. The maximum Gasteiger partial charge on any atom is 0.258 e. The first-order chi connectivity index (χ1) is 8.34. The highest BCUT2D eigenvalue weighted by Crippen LogP contribution is 2.36. The fourth-order valence-corrected chi connectivity index (χ4v) is 2.15. The maximum atomic E-state index is 12.1. The van der Waals surface area contributed by atoms with Gasteiger partial charge < -0.3 is 20.5 Å². The molecule has 1 aromatic rings. The molecule has 0 saturated carbocycles. The summed E-state index contributed by atoms with van der Waals surface area (Å²) in [6.07, 6.45) is 0.744. The average Bonchev–Trinajstić information content (AvgIpc) is 2.68. The van der Waals surface area contributed by atoms with E-state index >= 15 is 0 Å². The Hall–Kier alpha value is -1.75. The van der Waals surface area contributed by atoms with Crippen molar-refractivity contribution < 1.29 is 14.6 Å². The SMILES string of the molecule is COc1cc2c(cc1N)N(C(=O)C(C)(C)O)CC2. The number of hydrogen-bond donors (Lipinski definition) is 2. The fourth-order valence-electron chi connectivity index (χ4n) is 2.15. The van der Waals surface area contributed by atoms with Crippen LogP contribution in [0.25, 0.3) is 0 Å². The molecule has 5 heteroatoms. The Morgan fingerprint density at radius 1 is 1.50 bits per heavy atom. The average molecular weight is 250 g/mol. The summed E-state index contributed by atoms with van der Waals surface area (Å²) in [5, 5.41) is 9.80. The van der Waals surface area contributed by atoms with Crippen molar-refractivity contribution in [2.24, 2.45) is 0 Å². The highest BCUT2D eigenvalue weighted by Gasteiger charge is 2.34. The molecule has 1 aliphatic rings. The highest BCUT2D eigenvalue weighted by atomic mass is 16.5. The van der Waals surface area contributed by atoms with E-state index in [1.54, 1.807) is 18.1 Å². The summed E-state index contributed by atoms with van der Waals surface area (Å²) in [6.45, 7) is 3.53. The zero-order valence-corrected chi connectivity index (χ0v) is 10.9. The molecule has 0 aliphatic carbocycles. The summed E-state index contributed by atoms with van der Waals surface area (Å²) >= 11 is 0. The molecule has 3 N–H and O–H groups in total. The van der Waals surface area contributed by atoms with E-state index in [1.807, 2.05) is 6.07 Å². The second kappa shape index (κ2) is 4.17. The number of anilines is 2. The standard InChI is InChI=1S/C13H18N2O3/c1-13(2,17)12(16)15-5-4-8-6-11(18-3)9(14)7-10(8)15/h6-7,17H,4-5,14H2,1-3H3. The molecule has 98 valence electrons. The summed E-state index contributed by atoms with van der Waals surface area (Å²) in [5.74, 6) is 0.303. The van der Waals surface area contributed by atoms with E-state index in [2.05, 4.69) is 0 Å². The van der Waals surface area contributed by atoms with E-state index < -0.39 is 5.60 Å². The molecule has 1 heterocycles. The Kier molecular flexibility index (Phi) is 2.94. The third-order valence-electron chi connectivity index (χ3n) is 3.10. The largest absolute Gasteiger partial charge is 0.495 e. The van der Waals surface area contributed by atoms with Gasteiger partial charge in [-0.2, -0.15) is 0 Å². The van der Waals surface area contributed by atoms with Gasteiger partial charge in [-0.1, -0.05) is 0 Å². The van der Waals surface area contributed by atoms with Gasteiger partial charge in [0, 0.05) is 12.2 Å². The number of hydrogen-bond acceptors (Lipinski definition) is 4. The molecule has 0 fully saturated rings. The van der Waals surface area contributed by atoms with Crippen molar-refractivity contribution in [3.05, 3.63) is 17.7 Å². The summed E-state index contributed by atoms with van der Waals surface area (Å²) < 4.78 is 5.16. The normalized spacial score (nSPS) is 14.6. The molecule has 0 unspecified atom stereocenters. The molecule has 0 atom stereocenters. The molecule has 0 bridgehead atoms. The van der Waals surface area contributed by atoms with Gasteiger partial charge in [0.05, 0.1) is 12.8 Å². The molecule has 0 spiro atoms. The van der Waals surface area contributed by atoms with Gasteiger partial charge in [0.15, 0.2) is 0 Å². The Labute approximate surface area is 106 Å². The van der Waals surface area contributed by atoms with E-state index in [0.29, 0.717) is 18.0 Å². The fraction of sp³-hybridized carbons (Fsp3) is 0.462. The lowest BCUT2D eigenvalue weighted by molar-refractivity contribution is -0.133. The van der Waals surface area contributed by atoms with Crippen molar-refractivity contribution in [2.45, 2.75) is 25.9 Å². The van der Waals surface area contributed by atoms with Crippen molar-refractivity contribution in [3.63, 3.8) is 0 Å². The second-order valence-corrected chi connectivity index (χ2v) is 4.99. The summed E-state index contributed by atoms with van der Waals surface area (Å²) in [7, 11) is 1.56. The van der Waals surface area contributed by atoms with Gasteiger partial charge in [0.25, 0.3) is 5.91 Å². The molecule has 18 heavy (non-hydrogen) atoms. The number of methoxy groups -OCH3 is 1. The van der Waals surface area contributed by atoms with Crippen LogP contribution < -0.4 is 15.4 Å². The maximum absolute atomic E-state index is 12.1. The quantitative estimate of drug-likeness (QED) is 0.766. The number of ether oxygens (including phenoxy) is 1. The van der Waals surface area contributed by atoms with Gasteiger partial charge in [0.1, 0.15) is 11.4 Å². The molecule has 2 rings (SSSR count). The third kappa shape index (κ3) is 2.01. The number of aliphatic hydroxyl groups is 1. The molecule has 1 aromatic carbocycles. The molecule has 5 nitrogen and oxygen atoms in total. The molecule has 0 radical (unpaired) electrons. The summed E-state index contributed by atoms with van der Waals surface area (Å²) in [6, 6.07) is 3.58. The molecular weight excluding hydrogens is 232 g/mol. The third-order valence-corrected chi connectivity index (χ3v) is 3.10. The van der Waals surface area contributed by atoms with Crippen LogP contribution in [0, 0.1) is 0 Å². The Morgan fingerprint density at radius 2 is 2.17 bits per heavy atom. The topological polar surface area (TPSA) is 75.8 Å². The Balaban J connectivity index is 2.40. The minimum atomic E-state index is -1.38. The second-order valence-electron chi connectivity index (χ2n) is 4.99.